The Balaban J connectivity index is 2.27. The molecule has 1 aromatic heterocycles. The molecule has 0 aliphatic rings. The minimum Gasteiger partial charge on any atom is -0.370 e. The molecule has 1 heterocycles. The lowest BCUT2D eigenvalue weighted by molar-refractivity contribution is 1.08. The molecule has 2 rings (SSSR count). The second-order valence-electron chi connectivity index (χ2n) is 4.32. The standard InChI is InChI=1S/C14H17ClN4/c1-4-16-13-10(3)14(18-8-17-13)19-11-6-5-9(2)12(15)7-11/h5-8H,4H2,1-3H3,(H2,16,17,18,19). The molecule has 0 aliphatic carbocycles. The van der Waals surface area contributed by atoms with Gasteiger partial charge in [-0.05, 0) is 38.5 Å². The zero-order valence-electron chi connectivity index (χ0n) is 11.3. The first-order chi connectivity index (χ1) is 9.11. The summed E-state index contributed by atoms with van der Waals surface area (Å²) in [6.07, 6.45) is 1.54. The summed E-state index contributed by atoms with van der Waals surface area (Å²) < 4.78 is 0. The minimum atomic E-state index is 0.739. The summed E-state index contributed by atoms with van der Waals surface area (Å²) in [4.78, 5) is 8.48. The Hall–Kier alpha value is -1.81. The SMILES string of the molecule is CCNc1ncnc(Nc2ccc(C)c(Cl)c2)c1C. The van der Waals surface area contributed by atoms with Gasteiger partial charge in [-0.15, -0.1) is 0 Å². The van der Waals surface area contributed by atoms with Gasteiger partial charge in [0.15, 0.2) is 0 Å². The molecule has 4 nitrogen and oxygen atoms in total. The van der Waals surface area contributed by atoms with Crippen LogP contribution in [0, 0.1) is 13.8 Å². The summed E-state index contributed by atoms with van der Waals surface area (Å²) in [5.74, 6) is 1.63. The summed E-state index contributed by atoms with van der Waals surface area (Å²) in [6, 6.07) is 5.85. The molecule has 19 heavy (non-hydrogen) atoms. The summed E-state index contributed by atoms with van der Waals surface area (Å²) in [5.41, 5.74) is 2.96. The van der Waals surface area contributed by atoms with E-state index in [1.54, 1.807) is 6.33 Å². The zero-order valence-corrected chi connectivity index (χ0v) is 12.0. The number of nitrogens with one attached hydrogen (secondary N) is 2. The molecular formula is C14H17ClN4. The highest BCUT2D eigenvalue weighted by molar-refractivity contribution is 6.31. The largest absolute Gasteiger partial charge is 0.370 e. The minimum absolute atomic E-state index is 0.739. The molecule has 0 unspecified atom stereocenters. The molecule has 0 saturated carbocycles. The van der Waals surface area contributed by atoms with Gasteiger partial charge in [0.25, 0.3) is 0 Å². The van der Waals surface area contributed by atoms with Gasteiger partial charge in [-0.25, -0.2) is 9.97 Å². The molecule has 5 heteroatoms. The number of rotatable bonds is 4. The van der Waals surface area contributed by atoms with Gasteiger partial charge in [0.2, 0.25) is 0 Å². The first-order valence-corrected chi connectivity index (χ1v) is 6.58. The highest BCUT2D eigenvalue weighted by Crippen LogP contribution is 2.25. The van der Waals surface area contributed by atoms with E-state index in [1.807, 2.05) is 39.0 Å². The van der Waals surface area contributed by atoms with Crippen LogP contribution in [0.15, 0.2) is 24.5 Å². The fourth-order valence-corrected chi connectivity index (χ4v) is 1.91. The Kier molecular flexibility index (Phi) is 4.22. The lowest BCUT2D eigenvalue weighted by Gasteiger charge is -2.12. The molecule has 0 saturated heterocycles. The van der Waals surface area contributed by atoms with Crippen molar-refractivity contribution >= 4 is 28.9 Å². The number of aryl methyl sites for hydroxylation is 1. The maximum atomic E-state index is 6.12. The molecule has 1 aromatic carbocycles. The number of halogens is 1. The van der Waals surface area contributed by atoms with Crippen molar-refractivity contribution < 1.29 is 0 Å². The van der Waals surface area contributed by atoms with E-state index in [1.165, 1.54) is 0 Å². The van der Waals surface area contributed by atoms with Gasteiger partial charge >= 0.3 is 0 Å². The van der Waals surface area contributed by atoms with Crippen molar-refractivity contribution in [2.75, 3.05) is 17.2 Å². The maximum absolute atomic E-state index is 6.12. The van der Waals surface area contributed by atoms with Gasteiger partial charge in [0, 0.05) is 22.8 Å². The number of aromatic nitrogens is 2. The molecule has 100 valence electrons. The summed E-state index contributed by atoms with van der Waals surface area (Å²) >= 11 is 6.12. The molecule has 2 aromatic rings. The molecule has 0 aliphatic heterocycles. The lowest BCUT2D eigenvalue weighted by Crippen LogP contribution is -2.05. The van der Waals surface area contributed by atoms with Gasteiger partial charge in [-0.2, -0.15) is 0 Å². The predicted octanol–water partition coefficient (Wildman–Crippen LogP) is 3.92. The first-order valence-electron chi connectivity index (χ1n) is 6.20. The molecule has 0 bridgehead atoms. The Morgan fingerprint density at radius 1 is 1.16 bits per heavy atom. The van der Waals surface area contributed by atoms with E-state index in [4.69, 9.17) is 11.6 Å². The molecule has 0 spiro atoms. The van der Waals surface area contributed by atoms with E-state index < -0.39 is 0 Å². The highest BCUT2D eigenvalue weighted by atomic mass is 35.5. The van der Waals surface area contributed by atoms with Crippen LogP contribution in [0.2, 0.25) is 5.02 Å². The van der Waals surface area contributed by atoms with Crippen LogP contribution in [0.4, 0.5) is 17.3 Å². The van der Waals surface area contributed by atoms with Crippen molar-refractivity contribution in [3.05, 3.63) is 40.7 Å². The molecule has 0 atom stereocenters. The maximum Gasteiger partial charge on any atom is 0.138 e. The van der Waals surface area contributed by atoms with Crippen molar-refractivity contribution in [3.63, 3.8) is 0 Å². The number of hydrogen-bond acceptors (Lipinski definition) is 4. The number of hydrogen-bond donors (Lipinski definition) is 2. The number of benzene rings is 1. The van der Waals surface area contributed by atoms with Crippen LogP contribution in [-0.4, -0.2) is 16.5 Å². The van der Waals surface area contributed by atoms with E-state index >= 15 is 0 Å². The fraction of sp³-hybridized carbons (Fsp3) is 0.286. The number of nitrogens with zero attached hydrogens (tertiary/aromatic N) is 2. The average Bonchev–Trinajstić information content (AvgIpc) is 2.39. The summed E-state index contributed by atoms with van der Waals surface area (Å²) in [5, 5.41) is 7.21. The van der Waals surface area contributed by atoms with Crippen molar-refractivity contribution in [2.24, 2.45) is 0 Å². The fourth-order valence-electron chi connectivity index (χ4n) is 1.73. The normalized spacial score (nSPS) is 10.3. The van der Waals surface area contributed by atoms with Crippen LogP contribution in [0.3, 0.4) is 0 Å². The molecule has 2 N–H and O–H groups in total. The average molecular weight is 277 g/mol. The van der Waals surface area contributed by atoms with E-state index in [9.17, 15) is 0 Å². The van der Waals surface area contributed by atoms with Crippen molar-refractivity contribution in [2.45, 2.75) is 20.8 Å². The molecule has 0 fully saturated rings. The van der Waals surface area contributed by atoms with Crippen LogP contribution in [0.5, 0.6) is 0 Å². The second kappa shape index (κ2) is 5.89. The van der Waals surface area contributed by atoms with Crippen LogP contribution >= 0.6 is 11.6 Å². The third-order valence-electron chi connectivity index (χ3n) is 2.86. The van der Waals surface area contributed by atoms with E-state index in [0.29, 0.717) is 0 Å². The third kappa shape index (κ3) is 3.15. The van der Waals surface area contributed by atoms with E-state index in [-0.39, 0.29) is 0 Å². The van der Waals surface area contributed by atoms with E-state index in [0.717, 1.165) is 40.0 Å². The van der Waals surface area contributed by atoms with Gasteiger partial charge < -0.3 is 10.6 Å². The monoisotopic (exact) mass is 276 g/mol. The van der Waals surface area contributed by atoms with E-state index in [2.05, 4.69) is 20.6 Å². The van der Waals surface area contributed by atoms with Crippen LogP contribution in [0.1, 0.15) is 18.1 Å². The van der Waals surface area contributed by atoms with Crippen LogP contribution in [-0.2, 0) is 0 Å². The predicted molar refractivity (Wildman–Crippen MR) is 80.4 cm³/mol. The summed E-state index contributed by atoms with van der Waals surface area (Å²) in [7, 11) is 0. The van der Waals surface area contributed by atoms with Gasteiger partial charge in [0.1, 0.15) is 18.0 Å². The van der Waals surface area contributed by atoms with Gasteiger partial charge in [0.05, 0.1) is 0 Å². The Labute approximate surface area is 118 Å². The lowest BCUT2D eigenvalue weighted by atomic mass is 10.2. The molecule has 0 amide bonds. The number of anilines is 3. The Morgan fingerprint density at radius 3 is 2.58 bits per heavy atom. The first kappa shape index (κ1) is 13.6. The highest BCUT2D eigenvalue weighted by Gasteiger charge is 2.07. The Bertz CT molecular complexity index is 584. The Morgan fingerprint density at radius 2 is 1.89 bits per heavy atom. The van der Waals surface area contributed by atoms with Crippen LogP contribution in [0.25, 0.3) is 0 Å². The second-order valence-corrected chi connectivity index (χ2v) is 4.72. The topological polar surface area (TPSA) is 49.8 Å². The van der Waals surface area contributed by atoms with Crippen molar-refractivity contribution in [3.8, 4) is 0 Å². The quantitative estimate of drug-likeness (QED) is 0.889. The van der Waals surface area contributed by atoms with Crippen LogP contribution < -0.4 is 10.6 Å². The molecular weight excluding hydrogens is 260 g/mol. The smallest absolute Gasteiger partial charge is 0.138 e. The van der Waals surface area contributed by atoms with Crippen molar-refractivity contribution in [1.82, 2.24) is 9.97 Å². The van der Waals surface area contributed by atoms with Gasteiger partial charge in [-0.1, -0.05) is 17.7 Å². The zero-order chi connectivity index (χ0) is 13.8. The molecule has 0 radical (unpaired) electrons. The summed E-state index contributed by atoms with van der Waals surface area (Å²) in [6.45, 7) is 6.82. The van der Waals surface area contributed by atoms with Gasteiger partial charge in [-0.3, -0.25) is 0 Å². The third-order valence-corrected chi connectivity index (χ3v) is 3.27. The van der Waals surface area contributed by atoms with Crippen molar-refractivity contribution in [1.29, 1.82) is 0 Å².